The average molecular weight is 437 g/mol. The number of benzene rings is 1. The molecule has 3 aromatic rings. The standard InChI is InChI=1S/C21H20ClF3N4O/c22-16-6-7-18-27-17(13-29(18)12-16)10-26-19(30)20(21(23,24)25)8-9-28(14-20)11-15-4-2-1-3-5-15/h1-7,12-13H,8-11,14H2,(H,26,30). The Morgan fingerprint density at radius 2 is 1.93 bits per heavy atom. The maximum atomic E-state index is 14.0. The normalized spacial score (nSPS) is 20.0. The lowest BCUT2D eigenvalue weighted by Gasteiger charge is -2.30. The van der Waals surface area contributed by atoms with Crippen molar-refractivity contribution in [3.63, 3.8) is 0 Å². The Labute approximate surface area is 176 Å². The second kappa shape index (κ2) is 7.92. The van der Waals surface area contributed by atoms with Crippen LogP contribution in [0.25, 0.3) is 5.65 Å². The number of fused-ring (bicyclic) bond motifs is 1. The number of halogens is 4. The van der Waals surface area contributed by atoms with Crippen molar-refractivity contribution in [3.05, 3.63) is 71.1 Å². The van der Waals surface area contributed by atoms with E-state index in [0.717, 1.165) is 5.56 Å². The van der Waals surface area contributed by atoms with Crippen molar-refractivity contribution in [2.45, 2.75) is 25.7 Å². The van der Waals surface area contributed by atoms with Crippen molar-refractivity contribution in [2.24, 2.45) is 5.41 Å². The summed E-state index contributed by atoms with van der Waals surface area (Å²) in [6, 6.07) is 12.6. The van der Waals surface area contributed by atoms with Crippen LogP contribution in [0.1, 0.15) is 17.7 Å². The van der Waals surface area contributed by atoms with E-state index >= 15 is 0 Å². The molecule has 0 spiro atoms. The zero-order chi connectivity index (χ0) is 21.4. The Hall–Kier alpha value is -2.58. The summed E-state index contributed by atoms with van der Waals surface area (Å²) >= 11 is 5.93. The lowest BCUT2D eigenvalue weighted by atomic mass is 9.85. The number of carbonyl (C=O) groups is 1. The van der Waals surface area contributed by atoms with Crippen LogP contribution in [0.2, 0.25) is 5.02 Å². The molecule has 158 valence electrons. The molecule has 1 fully saturated rings. The lowest BCUT2D eigenvalue weighted by Crippen LogP contribution is -2.52. The van der Waals surface area contributed by atoms with Gasteiger partial charge in [-0.15, -0.1) is 0 Å². The zero-order valence-electron chi connectivity index (χ0n) is 16.0. The van der Waals surface area contributed by atoms with Gasteiger partial charge in [-0.25, -0.2) is 4.98 Å². The van der Waals surface area contributed by atoms with Gasteiger partial charge < -0.3 is 9.72 Å². The first-order valence-electron chi connectivity index (χ1n) is 9.51. The van der Waals surface area contributed by atoms with Gasteiger partial charge in [-0.2, -0.15) is 13.2 Å². The molecule has 2 aromatic heterocycles. The van der Waals surface area contributed by atoms with Gasteiger partial charge in [-0.3, -0.25) is 9.69 Å². The van der Waals surface area contributed by atoms with Crippen molar-refractivity contribution in [3.8, 4) is 0 Å². The minimum Gasteiger partial charge on any atom is -0.350 e. The van der Waals surface area contributed by atoms with Crippen LogP contribution in [-0.4, -0.2) is 39.5 Å². The van der Waals surface area contributed by atoms with E-state index in [1.54, 1.807) is 33.8 Å². The molecule has 1 N–H and O–H groups in total. The molecule has 0 aliphatic carbocycles. The number of carbonyl (C=O) groups excluding carboxylic acids is 1. The van der Waals surface area contributed by atoms with Gasteiger partial charge in [0.05, 0.1) is 17.3 Å². The first-order valence-corrected chi connectivity index (χ1v) is 9.89. The number of alkyl halides is 3. The number of hydrogen-bond acceptors (Lipinski definition) is 3. The van der Waals surface area contributed by atoms with Gasteiger partial charge >= 0.3 is 6.18 Å². The number of hydrogen-bond donors (Lipinski definition) is 1. The molecular formula is C21H20ClF3N4O. The third-order valence-corrected chi connectivity index (χ3v) is 5.69. The number of aromatic nitrogens is 2. The summed E-state index contributed by atoms with van der Waals surface area (Å²) in [6.07, 6.45) is -1.63. The summed E-state index contributed by atoms with van der Waals surface area (Å²) in [5.41, 5.74) is -0.449. The minimum atomic E-state index is -4.64. The highest BCUT2D eigenvalue weighted by Gasteiger charge is 2.62. The van der Waals surface area contributed by atoms with E-state index in [2.05, 4.69) is 10.3 Å². The van der Waals surface area contributed by atoms with Crippen molar-refractivity contribution >= 4 is 23.2 Å². The molecule has 1 atom stereocenters. The molecule has 9 heteroatoms. The molecule has 1 unspecified atom stereocenters. The van der Waals surface area contributed by atoms with Crippen molar-refractivity contribution in [2.75, 3.05) is 13.1 Å². The summed E-state index contributed by atoms with van der Waals surface area (Å²) in [4.78, 5) is 18.7. The van der Waals surface area contributed by atoms with Gasteiger partial charge in [0.1, 0.15) is 5.65 Å². The summed E-state index contributed by atoms with van der Waals surface area (Å²) in [6.45, 7) is 0.125. The highest BCUT2D eigenvalue weighted by Crippen LogP contribution is 2.46. The Kier molecular flexibility index (Phi) is 5.46. The van der Waals surface area contributed by atoms with Crippen molar-refractivity contribution in [1.29, 1.82) is 0 Å². The topological polar surface area (TPSA) is 49.6 Å². The van der Waals surface area contributed by atoms with E-state index in [-0.39, 0.29) is 26.1 Å². The predicted octanol–water partition coefficient (Wildman–Crippen LogP) is 4.06. The van der Waals surface area contributed by atoms with Crippen LogP contribution in [0.4, 0.5) is 13.2 Å². The number of nitrogens with zero attached hydrogens (tertiary/aromatic N) is 3. The number of likely N-dealkylation sites (tertiary alicyclic amines) is 1. The van der Waals surface area contributed by atoms with Gasteiger partial charge in [0.15, 0.2) is 5.41 Å². The maximum Gasteiger partial charge on any atom is 0.404 e. The largest absolute Gasteiger partial charge is 0.404 e. The SMILES string of the molecule is O=C(NCc1cn2cc(Cl)ccc2n1)C1(C(F)(F)F)CCN(Cc2ccccc2)C1. The average Bonchev–Trinajstić information content (AvgIpc) is 3.31. The summed E-state index contributed by atoms with van der Waals surface area (Å²) in [5, 5.41) is 2.96. The number of nitrogens with one attached hydrogen (secondary N) is 1. The minimum absolute atomic E-state index is 0.0886. The second-order valence-electron chi connectivity index (χ2n) is 7.55. The molecule has 1 saturated heterocycles. The molecule has 4 rings (SSSR count). The van der Waals surface area contributed by atoms with Crippen molar-refractivity contribution < 1.29 is 18.0 Å². The Morgan fingerprint density at radius 3 is 2.67 bits per heavy atom. The molecular weight excluding hydrogens is 417 g/mol. The fraction of sp³-hybridized carbons (Fsp3) is 0.333. The Morgan fingerprint density at radius 1 is 1.17 bits per heavy atom. The van der Waals surface area contributed by atoms with Crippen LogP contribution in [0.3, 0.4) is 0 Å². The van der Waals surface area contributed by atoms with Crippen LogP contribution in [-0.2, 0) is 17.9 Å². The number of amides is 1. The summed E-state index contributed by atoms with van der Waals surface area (Å²) in [5.74, 6) is -1.01. The second-order valence-corrected chi connectivity index (χ2v) is 7.99. The summed E-state index contributed by atoms with van der Waals surface area (Å²) in [7, 11) is 0. The fourth-order valence-corrected chi connectivity index (χ4v) is 4.02. The fourth-order valence-electron chi connectivity index (χ4n) is 3.85. The van der Waals surface area contributed by atoms with Gasteiger partial charge in [-0.1, -0.05) is 41.9 Å². The highest BCUT2D eigenvalue weighted by atomic mass is 35.5. The van der Waals surface area contributed by atoms with E-state index in [1.165, 1.54) is 0 Å². The van der Waals surface area contributed by atoms with E-state index in [1.807, 2.05) is 30.3 Å². The van der Waals surface area contributed by atoms with Gasteiger partial charge in [0.25, 0.3) is 0 Å². The molecule has 1 aromatic carbocycles. The maximum absolute atomic E-state index is 14.0. The van der Waals surface area contributed by atoms with E-state index in [0.29, 0.717) is 22.9 Å². The molecule has 3 heterocycles. The number of rotatable bonds is 5. The third-order valence-electron chi connectivity index (χ3n) is 5.47. The lowest BCUT2D eigenvalue weighted by molar-refractivity contribution is -0.218. The predicted molar refractivity (Wildman–Crippen MR) is 107 cm³/mol. The first kappa shape index (κ1) is 20.7. The highest BCUT2D eigenvalue weighted by molar-refractivity contribution is 6.30. The van der Waals surface area contributed by atoms with Crippen LogP contribution in [0.5, 0.6) is 0 Å². The molecule has 1 amide bonds. The molecule has 0 bridgehead atoms. The molecule has 0 radical (unpaired) electrons. The Balaban J connectivity index is 1.47. The molecule has 0 saturated carbocycles. The van der Waals surface area contributed by atoms with Crippen LogP contribution >= 0.6 is 11.6 Å². The third kappa shape index (κ3) is 4.02. The number of imidazole rings is 1. The first-order chi connectivity index (χ1) is 14.3. The number of pyridine rings is 1. The molecule has 5 nitrogen and oxygen atoms in total. The van der Waals surface area contributed by atoms with Crippen molar-refractivity contribution in [1.82, 2.24) is 19.6 Å². The van der Waals surface area contributed by atoms with Gasteiger partial charge in [-0.05, 0) is 30.7 Å². The van der Waals surface area contributed by atoms with E-state index < -0.39 is 17.5 Å². The van der Waals surface area contributed by atoms with E-state index in [4.69, 9.17) is 11.6 Å². The molecule has 1 aliphatic heterocycles. The Bertz CT molecular complexity index is 1050. The van der Waals surface area contributed by atoms with E-state index in [9.17, 15) is 18.0 Å². The summed E-state index contributed by atoms with van der Waals surface area (Å²) < 4.78 is 43.6. The molecule has 30 heavy (non-hydrogen) atoms. The zero-order valence-corrected chi connectivity index (χ0v) is 16.7. The van der Waals surface area contributed by atoms with Crippen LogP contribution in [0, 0.1) is 5.41 Å². The van der Waals surface area contributed by atoms with Gasteiger partial charge in [0, 0.05) is 25.5 Å². The molecule has 1 aliphatic rings. The van der Waals surface area contributed by atoms with Gasteiger partial charge in [0.2, 0.25) is 5.91 Å². The van der Waals surface area contributed by atoms with Crippen LogP contribution < -0.4 is 5.32 Å². The smallest absolute Gasteiger partial charge is 0.350 e. The quantitative estimate of drug-likeness (QED) is 0.656. The monoisotopic (exact) mass is 436 g/mol. The van der Waals surface area contributed by atoms with Crippen LogP contribution in [0.15, 0.2) is 54.9 Å².